The van der Waals surface area contributed by atoms with E-state index in [2.05, 4.69) is 13.8 Å². The van der Waals surface area contributed by atoms with Crippen molar-refractivity contribution in [1.82, 2.24) is 0 Å². The molecule has 0 atom stereocenters. The molecule has 2 nitrogen and oxygen atoms in total. The fourth-order valence-corrected chi connectivity index (χ4v) is 2.19. The minimum Gasteiger partial charge on any atom is -0.466 e. The number of ether oxygens (including phenoxy) is 1. The molecule has 0 bridgehead atoms. The van der Waals surface area contributed by atoms with Crippen molar-refractivity contribution in [3.8, 4) is 0 Å². The third-order valence-corrected chi connectivity index (χ3v) is 3.50. The summed E-state index contributed by atoms with van der Waals surface area (Å²) in [4.78, 5) is 11.3. The summed E-state index contributed by atoms with van der Waals surface area (Å²) in [6.45, 7) is 5.03. The van der Waals surface area contributed by atoms with Crippen molar-refractivity contribution in [2.24, 2.45) is 0 Å². The second-order valence-electron chi connectivity index (χ2n) is 5.51. The molecule has 0 amide bonds. The molecule has 0 rings (SSSR count). The zero-order chi connectivity index (χ0) is 14.2. The number of hydrogen-bond donors (Lipinski definition) is 0. The van der Waals surface area contributed by atoms with Gasteiger partial charge >= 0.3 is 5.97 Å². The minimum absolute atomic E-state index is 0.00647. The van der Waals surface area contributed by atoms with Crippen LogP contribution in [0, 0.1) is 0 Å². The molecule has 2 heteroatoms. The molecule has 0 heterocycles. The van der Waals surface area contributed by atoms with Gasteiger partial charge < -0.3 is 4.74 Å². The highest BCUT2D eigenvalue weighted by molar-refractivity contribution is 5.69. The molecule has 19 heavy (non-hydrogen) atoms. The van der Waals surface area contributed by atoms with E-state index in [0.717, 1.165) is 25.7 Å². The standard InChI is InChI=1S/C17H34O2/c1-3-5-7-8-9-10-11-12-14-16-19-17(18)15-13-6-4-2/h3-16H2,1-2H3. The predicted molar refractivity (Wildman–Crippen MR) is 82.3 cm³/mol. The first-order valence-electron chi connectivity index (χ1n) is 8.46. The van der Waals surface area contributed by atoms with Gasteiger partial charge in [-0.05, 0) is 12.8 Å². The Kier molecular flexibility index (Phi) is 15.1. The summed E-state index contributed by atoms with van der Waals surface area (Å²) in [5.74, 6) is -0.00647. The lowest BCUT2D eigenvalue weighted by Crippen LogP contribution is -2.05. The second kappa shape index (κ2) is 15.5. The summed E-state index contributed by atoms with van der Waals surface area (Å²) in [7, 11) is 0. The van der Waals surface area contributed by atoms with Gasteiger partial charge in [-0.15, -0.1) is 0 Å². The van der Waals surface area contributed by atoms with Crippen molar-refractivity contribution in [1.29, 1.82) is 0 Å². The number of carbonyl (C=O) groups is 1. The predicted octanol–water partition coefficient (Wildman–Crippen LogP) is 5.64. The maximum Gasteiger partial charge on any atom is 0.305 e. The van der Waals surface area contributed by atoms with Gasteiger partial charge in [-0.3, -0.25) is 4.79 Å². The number of rotatable bonds is 14. The first-order chi connectivity index (χ1) is 9.31. The molecule has 0 radical (unpaired) electrons. The lowest BCUT2D eigenvalue weighted by molar-refractivity contribution is -0.143. The molecule has 0 saturated heterocycles. The van der Waals surface area contributed by atoms with E-state index in [-0.39, 0.29) is 5.97 Å². The zero-order valence-electron chi connectivity index (χ0n) is 13.2. The highest BCUT2D eigenvalue weighted by Gasteiger charge is 2.01. The molecule has 0 aliphatic carbocycles. The summed E-state index contributed by atoms with van der Waals surface area (Å²) in [5, 5.41) is 0. The summed E-state index contributed by atoms with van der Waals surface area (Å²) in [5.41, 5.74) is 0. The quantitative estimate of drug-likeness (QED) is 0.301. The SMILES string of the molecule is CCCCCCCCCCCOC(=O)CCCCC. The second-order valence-corrected chi connectivity index (χ2v) is 5.51. The molecule has 114 valence electrons. The average molecular weight is 270 g/mol. The third kappa shape index (κ3) is 15.4. The highest BCUT2D eigenvalue weighted by atomic mass is 16.5. The van der Waals surface area contributed by atoms with E-state index in [0.29, 0.717) is 13.0 Å². The Bertz CT molecular complexity index is 190. The van der Waals surface area contributed by atoms with Gasteiger partial charge in [0, 0.05) is 6.42 Å². The Balaban J connectivity index is 3.07. The molecule has 0 spiro atoms. The lowest BCUT2D eigenvalue weighted by Gasteiger charge is -2.05. The Labute approximate surface area is 120 Å². The monoisotopic (exact) mass is 270 g/mol. The van der Waals surface area contributed by atoms with Gasteiger partial charge in [-0.1, -0.05) is 78.1 Å². The van der Waals surface area contributed by atoms with Crippen molar-refractivity contribution >= 4 is 5.97 Å². The van der Waals surface area contributed by atoms with Crippen LogP contribution in [0.2, 0.25) is 0 Å². The molecular formula is C17H34O2. The highest BCUT2D eigenvalue weighted by Crippen LogP contribution is 2.09. The van der Waals surface area contributed by atoms with Crippen LogP contribution in [-0.4, -0.2) is 12.6 Å². The van der Waals surface area contributed by atoms with E-state index >= 15 is 0 Å². The van der Waals surface area contributed by atoms with E-state index in [9.17, 15) is 4.79 Å². The van der Waals surface area contributed by atoms with Crippen molar-refractivity contribution in [2.45, 2.75) is 97.3 Å². The van der Waals surface area contributed by atoms with Crippen molar-refractivity contribution in [3.63, 3.8) is 0 Å². The maximum atomic E-state index is 11.3. The molecular weight excluding hydrogens is 236 g/mol. The number of carbonyl (C=O) groups excluding carboxylic acids is 1. The van der Waals surface area contributed by atoms with E-state index in [1.54, 1.807) is 0 Å². The zero-order valence-corrected chi connectivity index (χ0v) is 13.2. The summed E-state index contributed by atoms with van der Waals surface area (Å²) in [6, 6.07) is 0. The molecule has 0 unspecified atom stereocenters. The van der Waals surface area contributed by atoms with E-state index in [1.807, 2.05) is 0 Å². The number of hydrogen-bond acceptors (Lipinski definition) is 2. The minimum atomic E-state index is -0.00647. The summed E-state index contributed by atoms with van der Waals surface area (Å²) < 4.78 is 5.21. The maximum absolute atomic E-state index is 11.3. The largest absolute Gasteiger partial charge is 0.466 e. The first kappa shape index (κ1) is 18.5. The van der Waals surface area contributed by atoms with Crippen LogP contribution in [0.4, 0.5) is 0 Å². The van der Waals surface area contributed by atoms with Crippen LogP contribution in [-0.2, 0) is 9.53 Å². The van der Waals surface area contributed by atoms with Gasteiger partial charge in [0.1, 0.15) is 0 Å². The lowest BCUT2D eigenvalue weighted by atomic mass is 10.1. The molecule has 0 aromatic heterocycles. The topological polar surface area (TPSA) is 26.3 Å². The Morgan fingerprint density at radius 1 is 0.684 bits per heavy atom. The van der Waals surface area contributed by atoms with Crippen LogP contribution in [0.25, 0.3) is 0 Å². The molecule has 0 aliphatic heterocycles. The number of esters is 1. The van der Waals surface area contributed by atoms with Gasteiger partial charge in [0.2, 0.25) is 0 Å². The Hall–Kier alpha value is -0.530. The van der Waals surface area contributed by atoms with Gasteiger partial charge in [-0.2, -0.15) is 0 Å². The van der Waals surface area contributed by atoms with Crippen molar-refractivity contribution in [3.05, 3.63) is 0 Å². The average Bonchev–Trinajstić information content (AvgIpc) is 2.41. The molecule has 0 saturated carbocycles. The molecule has 0 N–H and O–H groups in total. The summed E-state index contributed by atoms with van der Waals surface area (Å²) >= 11 is 0. The van der Waals surface area contributed by atoms with Gasteiger partial charge in [0.15, 0.2) is 0 Å². The molecule has 0 aromatic rings. The Morgan fingerprint density at radius 2 is 1.16 bits per heavy atom. The van der Waals surface area contributed by atoms with E-state index in [4.69, 9.17) is 4.74 Å². The smallest absolute Gasteiger partial charge is 0.305 e. The number of unbranched alkanes of at least 4 members (excludes halogenated alkanes) is 10. The van der Waals surface area contributed by atoms with E-state index in [1.165, 1.54) is 51.4 Å². The fraction of sp³-hybridized carbons (Fsp3) is 0.941. The van der Waals surface area contributed by atoms with Crippen LogP contribution in [0.15, 0.2) is 0 Å². The normalized spacial score (nSPS) is 10.6. The van der Waals surface area contributed by atoms with Crippen LogP contribution >= 0.6 is 0 Å². The third-order valence-electron chi connectivity index (χ3n) is 3.50. The van der Waals surface area contributed by atoms with Crippen molar-refractivity contribution in [2.75, 3.05) is 6.61 Å². The van der Waals surface area contributed by atoms with E-state index < -0.39 is 0 Å². The van der Waals surface area contributed by atoms with Gasteiger partial charge in [0.05, 0.1) is 6.61 Å². The first-order valence-corrected chi connectivity index (χ1v) is 8.46. The van der Waals surface area contributed by atoms with Crippen LogP contribution in [0.1, 0.15) is 97.3 Å². The Morgan fingerprint density at radius 3 is 1.74 bits per heavy atom. The van der Waals surface area contributed by atoms with Crippen molar-refractivity contribution < 1.29 is 9.53 Å². The molecule has 0 aliphatic rings. The van der Waals surface area contributed by atoms with Gasteiger partial charge in [-0.25, -0.2) is 0 Å². The molecule has 0 fully saturated rings. The van der Waals surface area contributed by atoms with Gasteiger partial charge in [0.25, 0.3) is 0 Å². The van der Waals surface area contributed by atoms with Crippen LogP contribution in [0.5, 0.6) is 0 Å². The fourth-order valence-electron chi connectivity index (χ4n) is 2.19. The van der Waals surface area contributed by atoms with Crippen LogP contribution in [0.3, 0.4) is 0 Å². The summed E-state index contributed by atoms with van der Waals surface area (Å²) in [6.07, 6.45) is 15.6. The van der Waals surface area contributed by atoms with Crippen LogP contribution < -0.4 is 0 Å². The molecule has 0 aromatic carbocycles.